The number of hydrogen-bond acceptors (Lipinski definition) is 3. The predicted octanol–water partition coefficient (Wildman–Crippen LogP) is 4.88. The number of carbonyl (C=O) groups is 1. The van der Waals surface area contributed by atoms with Crippen LogP contribution in [0.15, 0.2) is 28.7 Å². The van der Waals surface area contributed by atoms with Gasteiger partial charge in [0.2, 0.25) is 0 Å². The molecule has 0 radical (unpaired) electrons. The van der Waals surface area contributed by atoms with E-state index in [1.54, 1.807) is 18.2 Å². The first kappa shape index (κ1) is 16.0. The zero-order valence-electron chi connectivity index (χ0n) is 11.4. The third kappa shape index (κ3) is 4.04. The molecule has 2 aromatic rings. The molecular weight excluding hydrogens is 359 g/mol. The van der Waals surface area contributed by atoms with Crippen LogP contribution >= 0.6 is 27.3 Å². The molecule has 2 rings (SSSR count). The number of ether oxygens (including phenoxy) is 1. The summed E-state index contributed by atoms with van der Waals surface area (Å²) in [7, 11) is 0. The first-order chi connectivity index (χ1) is 10.0. The molecule has 0 saturated heterocycles. The first-order valence-corrected chi connectivity index (χ1v) is 8.05. The van der Waals surface area contributed by atoms with Crippen LogP contribution in [0.5, 0.6) is 5.75 Å². The molecule has 1 N–H and O–H groups in total. The molecule has 21 heavy (non-hydrogen) atoms. The Labute approximate surface area is 134 Å². The molecule has 0 atom stereocenters. The second-order valence-corrected chi connectivity index (χ2v) is 6.49. The van der Waals surface area contributed by atoms with Gasteiger partial charge in [0, 0.05) is 4.88 Å². The number of thiophene rings is 1. The summed E-state index contributed by atoms with van der Waals surface area (Å²) < 4.78 is 19.1. The highest BCUT2D eigenvalue weighted by Crippen LogP contribution is 2.31. The number of hydrogen-bond donors (Lipinski definition) is 1. The zero-order chi connectivity index (χ0) is 15.4. The maximum absolute atomic E-state index is 13.2. The highest BCUT2D eigenvalue weighted by atomic mass is 79.9. The van der Waals surface area contributed by atoms with Crippen LogP contribution in [0, 0.1) is 5.82 Å². The third-order valence-corrected chi connectivity index (χ3v) is 4.59. The van der Waals surface area contributed by atoms with E-state index in [1.165, 1.54) is 17.4 Å². The molecule has 0 saturated carbocycles. The van der Waals surface area contributed by atoms with Crippen LogP contribution in [0.1, 0.15) is 33.5 Å². The van der Waals surface area contributed by atoms with Gasteiger partial charge < -0.3 is 9.84 Å². The number of carboxylic acids is 1. The standard InChI is InChI=1S/C15H14BrFO3S/c1-2-3-10-7-13(14(21-10)15(18)19)20-8-9-4-5-12(17)11(16)6-9/h4-7H,2-3,8H2,1H3,(H,18,19). The van der Waals surface area contributed by atoms with Crippen LogP contribution in [0.25, 0.3) is 0 Å². The Morgan fingerprint density at radius 1 is 1.43 bits per heavy atom. The van der Waals surface area contributed by atoms with Gasteiger partial charge in [-0.3, -0.25) is 0 Å². The molecule has 0 spiro atoms. The molecule has 0 aliphatic carbocycles. The molecule has 0 amide bonds. The molecule has 0 bridgehead atoms. The fourth-order valence-corrected chi connectivity index (χ4v) is 3.31. The minimum atomic E-state index is -0.988. The Balaban J connectivity index is 2.14. The highest BCUT2D eigenvalue weighted by molar-refractivity contribution is 9.10. The molecule has 1 aromatic heterocycles. The number of halogens is 2. The van der Waals surface area contributed by atoms with E-state index in [1.807, 2.05) is 6.92 Å². The predicted molar refractivity (Wildman–Crippen MR) is 83.7 cm³/mol. The average molecular weight is 373 g/mol. The van der Waals surface area contributed by atoms with Crippen LogP contribution < -0.4 is 4.74 Å². The van der Waals surface area contributed by atoms with E-state index in [4.69, 9.17) is 4.74 Å². The van der Waals surface area contributed by atoms with Crippen LogP contribution in [0.4, 0.5) is 4.39 Å². The SMILES string of the molecule is CCCc1cc(OCc2ccc(F)c(Br)c2)c(C(=O)O)s1. The van der Waals surface area contributed by atoms with Gasteiger partial charge in [-0.05, 0) is 46.1 Å². The largest absolute Gasteiger partial charge is 0.487 e. The Kier molecular flexibility index (Phi) is 5.36. The highest BCUT2D eigenvalue weighted by Gasteiger charge is 2.16. The van der Waals surface area contributed by atoms with Gasteiger partial charge in [-0.15, -0.1) is 11.3 Å². The smallest absolute Gasteiger partial charge is 0.349 e. The van der Waals surface area contributed by atoms with Crippen LogP contribution in [-0.2, 0) is 13.0 Å². The van der Waals surface area contributed by atoms with Gasteiger partial charge in [-0.1, -0.05) is 19.4 Å². The van der Waals surface area contributed by atoms with E-state index in [2.05, 4.69) is 15.9 Å². The average Bonchev–Trinajstić information content (AvgIpc) is 2.84. The van der Waals surface area contributed by atoms with E-state index < -0.39 is 5.97 Å². The molecule has 3 nitrogen and oxygen atoms in total. The summed E-state index contributed by atoms with van der Waals surface area (Å²) in [5, 5.41) is 9.20. The van der Waals surface area contributed by atoms with Crippen molar-refractivity contribution in [2.24, 2.45) is 0 Å². The van der Waals surface area contributed by atoms with E-state index in [-0.39, 0.29) is 17.3 Å². The molecular formula is C15H14BrFO3S. The monoisotopic (exact) mass is 372 g/mol. The summed E-state index contributed by atoms with van der Waals surface area (Å²) in [4.78, 5) is 12.4. The van der Waals surface area contributed by atoms with Gasteiger partial charge in [-0.25, -0.2) is 9.18 Å². The summed E-state index contributed by atoms with van der Waals surface area (Å²) in [5.74, 6) is -0.959. The van der Waals surface area contributed by atoms with Gasteiger partial charge in [0.05, 0.1) is 4.47 Å². The second-order valence-electron chi connectivity index (χ2n) is 4.50. The van der Waals surface area contributed by atoms with Crippen LogP contribution in [0.3, 0.4) is 0 Å². The lowest BCUT2D eigenvalue weighted by Gasteiger charge is -2.06. The lowest BCUT2D eigenvalue weighted by molar-refractivity contribution is 0.0697. The van der Waals surface area contributed by atoms with Crippen LogP contribution in [0.2, 0.25) is 0 Å². The van der Waals surface area contributed by atoms with E-state index >= 15 is 0 Å². The number of carboxylic acid groups (broad SMARTS) is 1. The van der Waals surface area contributed by atoms with E-state index in [9.17, 15) is 14.3 Å². The second kappa shape index (κ2) is 7.04. The summed E-state index contributed by atoms with van der Waals surface area (Å²) in [6.45, 7) is 2.23. The van der Waals surface area contributed by atoms with Gasteiger partial charge in [0.15, 0.2) is 4.88 Å². The van der Waals surface area contributed by atoms with Gasteiger partial charge >= 0.3 is 5.97 Å². The first-order valence-electron chi connectivity index (χ1n) is 6.44. The molecule has 0 aliphatic heterocycles. The van der Waals surface area contributed by atoms with E-state index in [0.29, 0.717) is 10.2 Å². The summed E-state index contributed by atoms with van der Waals surface area (Å²) in [6, 6.07) is 6.35. The van der Waals surface area contributed by atoms with Gasteiger partial charge in [0.25, 0.3) is 0 Å². The maximum Gasteiger partial charge on any atom is 0.349 e. The van der Waals surface area contributed by atoms with Gasteiger partial charge in [0.1, 0.15) is 18.2 Å². The van der Waals surface area contributed by atoms with Crippen molar-refractivity contribution in [1.82, 2.24) is 0 Å². The summed E-state index contributed by atoms with van der Waals surface area (Å²) >= 11 is 4.35. The normalized spacial score (nSPS) is 10.6. The summed E-state index contributed by atoms with van der Waals surface area (Å²) in [5.41, 5.74) is 0.767. The Morgan fingerprint density at radius 2 is 2.19 bits per heavy atom. The van der Waals surface area contributed by atoms with E-state index in [0.717, 1.165) is 23.3 Å². The summed E-state index contributed by atoms with van der Waals surface area (Å²) in [6.07, 6.45) is 1.78. The lowest BCUT2D eigenvalue weighted by Crippen LogP contribution is -2.00. The number of rotatable bonds is 6. The van der Waals surface area contributed by atoms with Crippen molar-refractivity contribution in [1.29, 1.82) is 0 Å². The molecule has 1 heterocycles. The van der Waals surface area contributed by atoms with Crippen molar-refractivity contribution < 1.29 is 19.0 Å². The lowest BCUT2D eigenvalue weighted by atomic mass is 10.2. The van der Waals surface area contributed by atoms with Crippen molar-refractivity contribution in [2.75, 3.05) is 0 Å². The topological polar surface area (TPSA) is 46.5 Å². The molecule has 6 heteroatoms. The molecule has 1 aromatic carbocycles. The Morgan fingerprint density at radius 3 is 2.81 bits per heavy atom. The number of benzene rings is 1. The van der Waals surface area contributed by atoms with Crippen molar-refractivity contribution in [3.05, 3.63) is 49.9 Å². The Hall–Kier alpha value is -1.40. The van der Waals surface area contributed by atoms with Gasteiger partial charge in [-0.2, -0.15) is 0 Å². The van der Waals surface area contributed by atoms with Crippen molar-refractivity contribution >= 4 is 33.2 Å². The molecule has 0 aliphatic rings. The number of aromatic carboxylic acids is 1. The quantitative estimate of drug-likeness (QED) is 0.785. The van der Waals surface area contributed by atoms with Crippen molar-refractivity contribution in [3.8, 4) is 5.75 Å². The Bertz CT molecular complexity index is 654. The van der Waals surface area contributed by atoms with Crippen LogP contribution in [-0.4, -0.2) is 11.1 Å². The zero-order valence-corrected chi connectivity index (χ0v) is 13.8. The molecule has 0 fully saturated rings. The molecule has 0 unspecified atom stereocenters. The fraction of sp³-hybridized carbons (Fsp3) is 0.267. The minimum Gasteiger partial charge on any atom is -0.487 e. The van der Waals surface area contributed by atoms with Crippen molar-refractivity contribution in [2.45, 2.75) is 26.4 Å². The number of aryl methyl sites for hydroxylation is 1. The van der Waals surface area contributed by atoms with Crippen molar-refractivity contribution in [3.63, 3.8) is 0 Å². The molecule has 112 valence electrons. The minimum absolute atomic E-state index is 0.196. The fourth-order valence-electron chi connectivity index (χ4n) is 1.84. The maximum atomic E-state index is 13.2. The third-order valence-electron chi connectivity index (χ3n) is 2.82.